The third kappa shape index (κ3) is 3.09. The van der Waals surface area contributed by atoms with Crippen LogP contribution in [0, 0.1) is 19.7 Å². The van der Waals surface area contributed by atoms with Crippen LogP contribution in [0.5, 0.6) is 0 Å². The van der Waals surface area contributed by atoms with Gasteiger partial charge in [0.1, 0.15) is 11.6 Å². The second-order valence-corrected chi connectivity index (χ2v) is 4.86. The van der Waals surface area contributed by atoms with E-state index < -0.39 is 0 Å². The number of anilines is 1. The molecule has 22 heavy (non-hydrogen) atoms. The number of H-pyrrole nitrogens is 2. The molecule has 0 saturated carbocycles. The Morgan fingerprint density at radius 1 is 1.23 bits per heavy atom. The van der Waals surface area contributed by atoms with Gasteiger partial charge in [-0.1, -0.05) is 6.07 Å². The van der Waals surface area contributed by atoms with Crippen LogP contribution in [0.3, 0.4) is 0 Å². The highest BCUT2D eigenvalue weighted by molar-refractivity contribution is 5.85. The zero-order valence-corrected chi connectivity index (χ0v) is 12.8. The van der Waals surface area contributed by atoms with Crippen molar-refractivity contribution >= 4 is 29.5 Å². The molecule has 3 N–H and O–H groups in total. The molecular formula is C14H15ClFN5O. The molecule has 0 fully saturated rings. The molecule has 8 heteroatoms. The van der Waals surface area contributed by atoms with Gasteiger partial charge in [0.15, 0.2) is 11.2 Å². The molecule has 0 saturated heterocycles. The van der Waals surface area contributed by atoms with Crippen molar-refractivity contribution in [1.29, 1.82) is 0 Å². The standard InChI is InChI=1S/C14H14FN5O.ClH/c1-7-5-10(15)4-3-9(7)6-16-14-19-12-11(13(21)20-14)17-8(2)18-12;/h3-5H,6H2,1-2H3,(H3,16,17,18,19,20,21);1H. The third-order valence-corrected chi connectivity index (χ3v) is 3.23. The number of nitrogens with one attached hydrogen (secondary N) is 3. The SMILES string of the molecule is Cc1nc2nc(NCc3ccc(F)cc3C)[nH]c(=O)c2[nH]1.Cl. The normalized spacial score (nSPS) is 10.5. The Morgan fingerprint density at radius 3 is 2.73 bits per heavy atom. The van der Waals surface area contributed by atoms with Gasteiger partial charge >= 0.3 is 0 Å². The van der Waals surface area contributed by atoms with E-state index in [-0.39, 0.29) is 23.8 Å². The highest BCUT2D eigenvalue weighted by atomic mass is 35.5. The van der Waals surface area contributed by atoms with E-state index in [0.717, 1.165) is 11.1 Å². The molecule has 0 aliphatic heterocycles. The maximum Gasteiger partial charge on any atom is 0.278 e. The predicted molar refractivity (Wildman–Crippen MR) is 85.0 cm³/mol. The first-order chi connectivity index (χ1) is 10.0. The van der Waals surface area contributed by atoms with Gasteiger partial charge in [0, 0.05) is 6.54 Å². The minimum atomic E-state index is -0.279. The summed E-state index contributed by atoms with van der Waals surface area (Å²) in [6.07, 6.45) is 0. The van der Waals surface area contributed by atoms with Gasteiger partial charge in [0.2, 0.25) is 5.95 Å². The Morgan fingerprint density at radius 2 is 2.00 bits per heavy atom. The van der Waals surface area contributed by atoms with Crippen molar-refractivity contribution in [3.8, 4) is 0 Å². The zero-order valence-electron chi connectivity index (χ0n) is 12.0. The molecule has 0 amide bonds. The second kappa shape index (κ2) is 6.15. The summed E-state index contributed by atoms with van der Waals surface area (Å²) < 4.78 is 13.0. The Bertz CT molecular complexity index is 873. The van der Waals surface area contributed by atoms with Crippen molar-refractivity contribution in [3.05, 3.63) is 51.3 Å². The Kier molecular flexibility index (Phi) is 4.46. The third-order valence-electron chi connectivity index (χ3n) is 3.23. The number of hydrogen-bond acceptors (Lipinski definition) is 4. The Labute approximate surface area is 131 Å². The number of hydrogen-bond donors (Lipinski definition) is 3. The van der Waals surface area contributed by atoms with Gasteiger partial charge in [-0.3, -0.25) is 9.78 Å². The lowest BCUT2D eigenvalue weighted by Gasteiger charge is -2.08. The molecule has 0 radical (unpaired) electrons. The zero-order chi connectivity index (χ0) is 15.0. The van der Waals surface area contributed by atoms with Gasteiger partial charge in [-0.05, 0) is 37.1 Å². The molecular weight excluding hydrogens is 309 g/mol. The number of rotatable bonds is 3. The number of aryl methyl sites for hydroxylation is 2. The smallest absolute Gasteiger partial charge is 0.278 e. The average Bonchev–Trinajstić information content (AvgIpc) is 2.79. The lowest BCUT2D eigenvalue weighted by atomic mass is 10.1. The predicted octanol–water partition coefficient (Wildman–Crippen LogP) is 2.44. The van der Waals surface area contributed by atoms with Crippen molar-refractivity contribution in [2.24, 2.45) is 0 Å². The molecule has 6 nitrogen and oxygen atoms in total. The number of fused-ring (bicyclic) bond motifs is 1. The van der Waals surface area contributed by atoms with E-state index in [9.17, 15) is 9.18 Å². The van der Waals surface area contributed by atoms with Crippen molar-refractivity contribution in [3.63, 3.8) is 0 Å². The van der Waals surface area contributed by atoms with Gasteiger partial charge < -0.3 is 10.3 Å². The van der Waals surface area contributed by atoms with Crippen LogP contribution in [0.4, 0.5) is 10.3 Å². The topological polar surface area (TPSA) is 86.5 Å². The molecule has 0 unspecified atom stereocenters. The van der Waals surface area contributed by atoms with Gasteiger partial charge in [0.05, 0.1) is 0 Å². The maximum absolute atomic E-state index is 13.0. The number of aromatic amines is 2. The van der Waals surface area contributed by atoms with E-state index >= 15 is 0 Å². The number of imidazole rings is 1. The average molecular weight is 324 g/mol. The Hall–Kier alpha value is -2.41. The largest absolute Gasteiger partial charge is 0.352 e. The van der Waals surface area contributed by atoms with E-state index in [1.54, 1.807) is 13.0 Å². The van der Waals surface area contributed by atoms with E-state index in [1.807, 2.05) is 6.92 Å². The van der Waals surface area contributed by atoms with Crippen LogP contribution in [0.15, 0.2) is 23.0 Å². The van der Waals surface area contributed by atoms with Crippen LogP contribution in [0.2, 0.25) is 0 Å². The minimum Gasteiger partial charge on any atom is -0.352 e. The summed E-state index contributed by atoms with van der Waals surface area (Å²) in [5.74, 6) is 0.702. The molecule has 0 spiro atoms. The van der Waals surface area contributed by atoms with Crippen LogP contribution in [-0.4, -0.2) is 19.9 Å². The van der Waals surface area contributed by atoms with Crippen molar-refractivity contribution < 1.29 is 4.39 Å². The fourth-order valence-electron chi connectivity index (χ4n) is 2.14. The first-order valence-electron chi connectivity index (χ1n) is 6.48. The van der Waals surface area contributed by atoms with E-state index in [1.165, 1.54) is 12.1 Å². The van der Waals surface area contributed by atoms with Crippen LogP contribution in [0.25, 0.3) is 11.2 Å². The Balaban J connectivity index is 0.00000176. The fourth-order valence-corrected chi connectivity index (χ4v) is 2.14. The van der Waals surface area contributed by atoms with Crippen molar-refractivity contribution in [2.75, 3.05) is 5.32 Å². The van der Waals surface area contributed by atoms with Crippen molar-refractivity contribution in [2.45, 2.75) is 20.4 Å². The minimum absolute atomic E-state index is 0. The van der Waals surface area contributed by atoms with Crippen LogP contribution < -0.4 is 10.9 Å². The number of nitrogens with zero attached hydrogens (tertiary/aromatic N) is 2. The summed E-state index contributed by atoms with van der Waals surface area (Å²) in [6.45, 7) is 4.02. The van der Waals surface area contributed by atoms with E-state index in [0.29, 0.717) is 29.5 Å². The maximum atomic E-state index is 13.0. The van der Waals surface area contributed by atoms with E-state index in [4.69, 9.17) is 0 Å². The summed E-state index contributed by atoms with van der Waals surface area (Å²) in [7, 11) is 0. The van der Waals surface area contributed by atoms with E-state index in [2.05, 4.69) is 25.3 Å². The van der Waals surface area contributed by atoms with Crippen LogP contribution in [-0.2, 0) is 6.54 Å². The summed E-state index contributed by atoms with van der Waals surface area (Å²) in [5.41, 5.74) is 2.21. The molecule has 0 atom stereocenters. The number of halogens is 2. The molecule has 2 heterocycles. The summed E-state index contributed by atoms with van der Waals surface area (Å²) in [5, 5.41) is 3.02. The first-order valence-corrected chi connectivity index (χ1v) is 6.48. The highest BCUT2D eigenvalue weighted by Crippen LogP contribution is 2.12. The van der Waals surface area contributed by atoms with Crippen LogP contribution in [0.1, 0.15) is 17.0 Å². The molecule has 3 aromatic rings. The van der Waals surface area contributed by atoms with Gasteiger partial charge in [-0.2, -0.15) is 4.98 Å². The number of benzene rings is 1. The lowest BCUT2D eigenvalue weighted by molar-refractivity contribution is 0.625. The molecule has 0 bridgehead atoms. The summed E-state index contributed by atoms with van der Waals surface area (Å²) in [6, 6.07) is 4.57. The molecule has 0 aliphatic rings. The monoisotopic (exact) mass is 323 g/mol. The lowest BCUT2D eigenvalue weighted by Crippen LogP contribution is -2.13. The molecule has 116 valence electrons. The van der Waals surface area contributed by atoms with Crippen LogP contribution >= 0.6 is 12.4 Å². The quantitative estimate of drug-likeness (QED) is 0.691. The molecule has 1 aromatic carbocycles. The molecule has 3 rings (SSSR count). The fraction of sp³-hybridized carbons (Fsp3) is 0.214. The highest BCUT2D eigenvalue weighted by Gasteiger charge is 2.08. The summed E-state index contributed by atoms with van der Waals surface area (Å²) in [4.78, 5) is 25.8. The van der Waals surface area contributed by atoms with Crippen molar-refractivity contribution in [1.82, 2.24) is 19.9 Å². The summed E-state index contributed by atoms with van der Waals surface area (Å²) >= 11 is 0. The molecule has 2 aromatic heterocycles. The first kappa shape index (κ1) is 16.0. The second-order valence-electron chi connectivity index (χ2n) is 4.86. The molecule has 0 aliphatic carbocycles. The van der Waals surface area contributed by atoms with Gasteiger partial charge in [0.25, 0.3) is 5.56 Å². The van der Waals surface area contributed by atoms with Gasteiger partial charge in [-0.25, -0.2) is 9.37 Å². The number of aromatic nitrogens is 4. The van der Waals surface area contributed by atoms with Gasteiger partial charge in [-0.15, -0.1) is 12.4 Å².